The largest absolute Gasteiger partial charge is 0.261 e. The van der Waals surface area contributed by atoms with Crippen LogP contribution in [0.25, 0.3) is 11.1 Å². The van der Waals surface area contributed by atoms with Crippen LogP contribution in [0.3, 0.4) is 0 Å². The Bertz CT molecular complexity index is 714. The molecule has 0 unspecified atom stereocenters. The fraction of sp³-hybridized carbons (Fsp3) is 0.200. The van der Waals surface area contributed by atoms with Crippen LogP contribution in [0.1, 0.15) is 16.7 Å². The maximum atomic E-state index is 11.4. The summed E-state index contributed by atoms with van der Waals surface area (Å²) in [5.74, 6) is 0. The fourth-order valence-electron chi connectivity index (χ4n) is 2.24. The molecule has 0 N–H and O–H groups in total. The smallest absolute Gasteiger partial charge is 0.207 e. The van der Waals surface area contributed by atoms with Crippen LogP contribution in [0.2, 0.25) is 0 Å². The molecule has 0 aliphatic rings. The molecule has 4 heteroatoms. The van der Waals surface area contributed by atoms with Gasteiger partial charge in [0.15, 0.2) is 0 Å². The van der Waals surface area contributed by atoms with Crippen molar-refractivity contribution in [2.75, 3.05) is 0 Å². The van der Waals surface area contributed by atoms with Gasteiger partial charge in [0, 0.05) is 10.7 Å². The zero-order valence-electron chi connectivity index (χ0n) is 11.1. The second-order valence-electron chi connectivity index (χ2n) is 4.79. The fourth-order valence-corrected chi connectivity index (χ4v) is 3.44. The quantitative estimate of drug-likeness (QED) is 0.778. The molecule has 0 spiro atoms. The summed E-state index contributed by atoms with van der Waals surface area (Å²) in [5, 5.41) is 0. The van der Waals surface area contributed by atoms with Gasteiger partial charge in [0.2, 0.25) is 0 Å². The van der Waals surface area contributed by atoms with Crippen LogP contribution in [-0.2, 0) is 9.05 Å². The number of halogens is 1. The van der Waals surface area contributed by atoms with Crippen molar-refractivity contribution >= 4 is 19.7 Å². The Morgan fingerprint density at radius 1 is 0.842 bits per heavy atom. The van der Waals surface area contributed by atoms with Crippen molar-refractivity contribution in [2.24, 2.45) is 0 Å². The molecule has 0 aliphatic carbocycles. The lowest BCUT2D eigenvalue weighted by Crippen LogP contribution is -1.95. The lowest BCUT2D eigenvalue weighted by atomic mass is 9.99. The van der Waals surface area contributed by atoms with Crippen molar-refractivity contribution in [2.45, 2.75) is 25.7 Å². The molecule has 0 aliphatic heterocycles. The van der Waals surface area contributed by atoms with Gasteiger partial charge in [-0.3, -0.25) is 0 Å². The van der Waals surface area contributed by atoms with Crippen molar-refractivity contribution in [3.8, 4) is 11.1 Å². The van der Waals surface area contributed by atoms with Crippen LogP contribution in [0.15, 0.2) is 41.3 Å². The van der Waals surface area contributed by atoms with Crippen molar-refractivity contribution < 1.29 is 8.42 Å². The van der Waals surface area contributed by atoms with Gasteiger partial charge in [-0.2, -0.15) is 0 Å². The molecule has 0 saturated carbocycles. The van der Waals surface area contributed by atoms with Gasteiger partial charge in [-0.1, -0.05) is 41.5 Å². The van der Waals surface area contributed by atoms with E-state index in [1.807, 2.05) is 19.9 Å². The minimum Gasteiger partial charge on any atom is -0.207 e. The van der Waals surface area contributed by atoms with E-state index in [0.717, 1.165) is 11.1 Å². The highest BCUT2D eigenvalue weighted by atomic mass is 35.7. The summed E-state index contributed by atoms with van der Waals surface area (Å²) in [7, 11) is 1.71. The average Bonchev–Trinajstić information content (AvgIpc) is 2.25. The third-order valence-electron chi connectivity index (χ3n) is 2.99. The van der Waals surface area contributed by atoms with Gasteiger partial charge in [0.05, 0.1) is 4.90 Å². The van der Waals surface area contributed by atoms with E-state index in [2.05, 4.69) is 18.2 Å². The highest BCUT2D eigenvalue weighted by Gasteiger charge is 2.13. The minimum absolute atomic E-state index is 0.169. The van der Waals surface area contributed by atoms with E-state index < -0.39 is 9.05 Å². The number of hydrogen-bond donors (Lipinski definition) is 0. The second-order valence-corrected chi connectivity index (χ2v) is 7.33. The predicted molar refractivity (Wildman–Crippen MR) is 79.1 cm³/mol. The highest BCUT2D eigenvalue weighted by Crippen LogP contribution is 2.27. The van der Waals surface area contributed by atoms with E-state index in [4.69, 9.17) is 10.7 Å². The Hall–Kier alpha value is -1.32. The van der Waals surface area contributed by atoms with Crippen molar-refractivity contribution in [3.05, 3.63) is 53.1 Å². The van der Waals surface area contributed by atoms with E-state index in [0.29, 0.717) is 5.56 Å². The molecule has 2 aromatic carbocycles. The molecule has 0 fully saturated rings. The van der Waals surface area contributed by atoms with E-state index >= 15 is 0 Å². The summed E-state index contributed by atoms with van der Waals surface area (Å²) in [5.41, 5.74) is 5.10. The topological polar surface area (TPSA) is 34.1 Å². The number of benzene rings is 2. The summed E-state index contributed by atoms with van der Waals surface area (Å²) in [6.45, 7) is 5.84. The first-order valence-electron chi connectivity index (χ1n) is 5.91. The highest BCUT2D eigenvalue weighted by molar-refractivity contribution is 8.13. The van der Waals surface area contributed by atoms with Crippen LogP contribution < -0.4 is 0 Å². The van der Waals surface area contributed by atoms with E-state index in [9.17, 15) is 8.42 Å². The molecule has 0 heterocycles. The van der Waals surface area contributed by atoms with Gasteiger partial charge in [-0.25, -0.2) is 8.42 Å². The lowest BCUT2D eigenvalue weighted by Gasteiger charge is -2.08. The van der Waals surface area contributed by atoms with E-state index in [1.165, 1.54) is 11.1 Å². The number of hydrogen-bond acceptors (Lipinski definition) is 2. The van der Waals surface area contributed by atoms with Gasteiger partial charge in [0.25, 0.3) is 9.05 Å². The van der Waals surface area contributed by atoms with Crippen LogP contribution in [0.4, 0.5) is 0 Å². The molecule has 0 atom stereocenters. The molecular weight excluding hydrogens is 280 g/mol. The van der Waals surface area contributed by atoms with Gasteiger partial charge < -0.3 is 0 Å². The Morgan fingerprint density at radius 3 is 1.89 bits per heavy atom. The average molecular weight is 295 g/mol. The van der Waals surface area contributed by atoms with Gasteiger partial charge >= 0.3 is 0 Å². The third kappa shape index (κ3) is 3.17. The predicted octanol–water partition coefficient (Wildman–Crippen LogP) is 4.21. The van der Waals surface area contributed by atoms with Crippen LogP contribution in [0.5, 0.6) is 0 Å². The number of aryl methyl sites for hydroxylation is 3. The zero-order valence-corrected chi connectivity index (χ0v) is 12.6. The van der Waals surface area contributed by atoms with Crippen molar-refractivity contribution in [1.82, 2.24) is 0 Å². The van der Waals surface area contributed by atoms with Crippen LogP contribution in [-0.4, -0.2) is 8.42 Å². The van der Waals surface area contributed by atoms with E-state index in [-0.39, 0.29) is 4.90 Å². The van der Waals surface area contributed by atoms with E-state index in [1.54, 1.807) is 19.1 Å². The molecule has 2 nitrogen and oxygen atoms in total. The Kier molecular flexibility index (Phi) is 3.70. The minimum atomic E-state index is -3.68. The summed E-state index contributed by atoms with van der Waals surface area (Å²) in [4.78, 5) is 0.169. The monoisotopic (exact) mass is 294 g/mol. The molecule has 0 radical (unpaired) electrons. The molecule has 2 rings (SSSR count). The zero-order chi connectivity index (χ0) is 14.2. The first kappa shape index (κ1) is 14.1. The van der Waals surface area contributed by atoms with Gasteiger partial charge in [-0.05, 0) is 43.5 Å². The maximum absolute atomic E-state index is 11.4. The van der Waals surface area contributed by atoms with Crippen molar-refractivity contribution in [1.29, 1.82) is 0 Å². The Labute approximate surface area is 118 Å². The molecule has 19 heavy (non-hydrogen) atoms. The molecular formula is C15H15ClO2S. The molecule has 0 bridgehead atoms. The van der Waals surface area contributed by atoms with Crippen molar-refractivity contribution in [3.63, 3.8) is 0 Å². The Balaban J connectivity index is 2.56. The third-order valence-corrected chi connectivity index (χ3v) is 4.47. The first-order valence-corrected chi connectivity index (χ1v) is 8.22. The standard InChI is InChI=1S/C15H15ClO2S/c1-10-6-11(2)8-14(7-10)13-4-5-15(12(3)9-13)19(16,17)18/h4-9H,1-3H3. The molecule has 2 aromatic rings. The normalized spacial score (nSPS) is 11.6. The Morgan fingerprint density at radius 2 is 1.42 bits per heavy atom. The van der Waals surface area contributed by atoms with Crippen LogP contribution in [0, 0.1) is 20.8 Å². The van der Waals surface area contributed by atoms with Gasteiger partial charge in [-0.15, -0.1) is 0 Å². The summed E-state index contributed by atoms with van der Waals surface area (Å²) in [6, 6.07) is 11.5. The summed E-state index contributed by atoms with van der Waals surface area (Å²) < 4.78 is 22.8. The van der Waals surface area contributed by atoms with Crippen LogP contribution >= 0.6 is 10.7 Å². The number of rotatable bonds is 2. The molecule has 100 valence electrons. The first-order chi connectivity index (χ1) is 8.77. The maximum Gasteiger partial charge on any atom is 0.261 e. The summed E-state index contributed by atoms with van der Waals surface area (Å²) in [6.07, 6.45) is 0. The SMILES string of the molecule is Cc1cc(C)cc(-c2ccc(S(=O)(=O)Cl)c(C)c2)c1. The molecule has 0 amide bonds. The molecule has 0 aromatic heterocycles. The second kappa shape index (κ2) is 4.99. The lowest BCUT2D eigenvalue weighted by molar-refractivity contribution is 0.609. The molecule has 0 saturated heterocycles. The summed E-state index contributed by atoms with van der Waals surface area (Å²) >= 11 is 0. The van der Waals surface area contributed by atoms with Gasteiger partial charge in [0.1, 0.15) is 0 Å².